The number of rotatable bonds is 6. The number of allylic oxidation sites excluding steroid dienone is 1. The Balaban J connectivity index is 3.09. The lowest BCUT2D eigenvalue weighted by molar-refractivity contribution is -0.128. The van der Waals surface area contributed by atoms with Crippen molar-refractivity contribution in [3.63, 3.8) is 0 Å². The third kappa shape index (κ3) is 3.59. The molecule has 4 nitrogen and oxygen atoms in total. The minimum absolute atomic E-state index is 0.169. The monoisotopic (exact) mass is 247 g/mol. The van der Waals surface area contributed by atoms with Crippen molar-refractivity contribution in [2.75, 3.05) is 13.2 Å². The molecule has 0 aliphatic heterocycles. The second-order valence-corrected chi connectivity index (χ2v) is 3.48. The number of hydrogen-bond donors (Lipinski definition) is 1. The summed E-state index contributed by atoms with van der Waals surface area (Å²) in [7, 11) is 0. The molecule has 0 aliphatic rings. The maximum atomic E-state index is 10.1. The SMILES string of the molecule is CCOC(OCC)C(O)=C(C#N)c1ccccc1. The Kier molecular flexibility index (Phi) is 5.92. The Morgan fingerprint density at radius 2 is 1.78 bits per heavy atom. The van der Waals surface area contributed by atoms with Crippen molar-refractivity contribution in [3.8, 4) is 6.07 Å². The van der Waals surface area contributed by atoms with Gasteiger partial charge in [-0.1, -0.05) is 30.3 Å². The summed E-state index contributed by atoms with van der Waals surface area (Å²) >= 11 is 0. The van der Waals surface area contributed by atoms with Crippen LogP contribution in [-0.2, 0) is 9.47 Å². The minimum atomic E-state index is -0.894. The van der Waals surface area contributed by atoms with Crippen LogP contribution in [0.1, 0.15) is 19.4 Å². The summed E-state index contributed by atoms with van der Waals surface area (Å²) in [4.78, 5) is 0. The smallest absolute Gasteiger partial charge is 0.217 e. The number of aliphatic hydroxyl groups excluding tert-OH is 1. The number of nitriles is 1. The molecule has 96 valence electrons. The molecule has 1 aromatic carbocycles. The molecule has 1 rings (SSSR count). The first kappa shape index (κ1) is 14.2. The molecule has 0 unspecified atom stereocenters. The predicted octanol–water partition coefficient (Wildman–Crippen LogP) is 2.88. The minimum Gasteiger partial charge on any atom is -0.506 e. The summed E-state index contributed by atoms with van der Waals surface area (Å²) in [6.45, 7) is 4.38. The second-order valence-electron chi connectivity index (χ2n) is 3.48. The molecule has 0 amide bonds. The highest BCUT2D eigenvalue weighted by atomic mass is 16.7. The molecule has 0 radical (unpaired) electrons. The highest BCUT2D eigenvalue weighted by Gasteiger charge is 2.19. The summed E-state index contributed by atoms with van der Waals surface area (Å²) in [6, 6.07) is 10.9. The van der Waals surface area contributed by atoms with Crippen molar-refractivity contribution in [1.82, 2.24) is 0 Å². The van der Waals surface area contributed by atoms with Gasteiger partial charge in [-0.3, -0.25) is 0 Å². The number of hydrogen-bond acceptors (Lipinski definition) is 4. The zero-order valence-corrected chi connectivity index (χ0v) is 10.6. The van der Waals surface area contributed by atoms with Crippen LogP contribution < -0.4 is 0 Å². The molecule has 1 N–H and O–H groups in total. The molecule has 0 saturated heterocycles. The van der Waals surface area contributed by atoms with Crippen molar-refractivity contribution in [3.05, 3.63) is 41.7 Å². The molecule has 0 atom stereocenters. The zero-order valence-electron chi connectivity index (χ0n) is 10.6. The number of benzene rings is 1. The van der Waals surface area contributed by atoms with E-state index in [9.17, 15) is 5.11 Å². The van der Waals surface area contributed by atoms with Gasteiger partial charge in [-0.05, 0) is 19.4 Å². The quantitative estimate of drug-likeness (QED) is 0.477. The van der Waals surface area contributed by atoms with Gasteiger partial charge in [0.25, 0.3) is 0 Å². The van der Waals surface area contributed by atoms with Crippen LogP contribution in [0.4, 0.5) is 0 Å². The largest absolute Gasteiger partial charge is 0.506 e. The zero-order chi connectivity index (χ0) is 13.4. The van der Waals surface area contributed by atoms with Gasteiger partial charge in [0.05, 0.1) is 0 Å². The van der Waals surface area contributed by atoms with Crippen LogP contribution in [0.5, 0.6) is 0 Å². The van der Waals surface area contributed by atoms with Crippen molar-refractivity contribution < 1.29 is 14.6 Å². The van der Waals surface area contributed by atoms with Crippen molar-refractivity contribution in [2.45, 2.75) is 20.1 Å². The molecule has 0 spiro atoms. The molecule has 18 heavy (non-hydrogen) atoms. The Labute approximate surface area is 107 Å². The van der Waals surface area contributed by atoms with Gasteiger partial charge in [0.2, 0.25) is 6.29 Å². The molecule has 4 heteroatoms. The number of ether oxygens (including phenoxy) is 2. The first-order valence-corrected chi connectivity index (χ1v) is 5.86. The van der Waals surface area contributed by atoms with Crippen LogP contribution in [0.2, 0.25) is 0 Å². The Morgan fingerprint density at radius 3 is 2.22 bits per heavy atom. The highest BCUT2D eigenvalue weighted by Crippen LogP contribution is 2.20. The molecule has 0 heterocycles. The second kappa shape index (κ2) is 7.49. The lowest BCUT2D eigenvalue weighted by Gasteiger charge is -2.17. The average Bonchev–Trinajstić information content (AvgIpc) is 2.40. The summed E-state index contributed by atoms with van der Waals surface area (Å²) in [5.41, 5.74) is 0.810. The maximum absolute atomic E-state index is 10.1. The normalized spacial score (nSPS) is 12.1. The van der Waals surface area contributed by atoms with Gasteiger partial charge in [-0.25, -0.2) is 0 Å². The molecule has 0 saturated carbocycles. The van der Waals surface area contributed by atoms with Crippen LogP contribution in [0.15, 0.2) is 36.1 Å². The summed E-state index contributed by atoms with van der Waals surface area (Å²) in [5.74, 6) is -0.188. The van der Waals surface area contributed by atoms with E-state index in [0.29, 0.717) is 18.8 Å². The van der Waals surface area contributed by atoms with E-state index in [4.69, 9.17) is 14.7 Å². The Hall–Kier alpha value is -1.83. The van der Waals surface area contributed by atoms with E-state index in [1.807, 2.05) is 12.1 Å². The molecule has 0 bridgehead atoms. The van der Waals surface area contributed by atoms with Crippen LogP contribution in [-0.4, -0.2) is 24.6 Å². The fourth-order valence-corrected chi connectivity index (χ4v) is 1.50. The summed E-state index contributed by atoms with van der Waals surface area (Å²) < 4.78 is 10.5. The fraction of sp³-hybridized carbons (Fsp3) is 0.357. The van der Waals surface area contributed by atoms with Crippen molar-refractivity contribution in [1.29, 1.82) is 5.26 Å². The lowest BCUT2D eigenvalue weighted by Crippen LogP contribution is -2.21. The van der Waals surface area contributed by atoms with Crippen LogP contribution in [0.3, 0.4) is 0 Å². The van der Waals surface area contributed by atoms with Crippen LogP contribution in [0.25, 0.3) is 5.57 Å². The maximum Gasteiger partial charge on any atom is 0.217 e. The topological polar surface area (TPSA) is 62.5 Å². The van der Waals surface area contributed by atoms with Gasteiger partial charge in [-0.15, -0.1) is 0 Å². The van der Waals surface area contributed by atoms with E-state index in [1.54, 1.807) is 38.1 Å². The number of nitrogens with zero attached hydrogens (tertiary/aromatic N) is 1. The van der Waals surface area contributed by atoms with E-state index in [-0.39, 0.29) is 11.3 Å². The molecular weight excluding hydrogens is 230 g/mol. The van der Waals surface area contributed by atoms with E-state index in [2.05, 4.69) is 0 Å². The van der Waals surface area contributed by atoms with Crippen molar-refractivity contribution in [2.24, 2.45) is 0 Å². The molecule has 1 aromatic rings. The average molecular weight is 247 g/mol. The third-order valence-electron chi connectivity index (χ3n) is 2.29. The fourth-order valence-electron chi connectivity index (χ4n) is 1.50. The van der Waals surface area contributed by atoms with E-state index < -0.39 is 6.29 Å². The van der Waals surface area contributed by atoms with Gasteiger partial charge in [-0.2, -0.15) is 5.26 Å². The van der Waals surface area contributed by atoms with Gasteiger partial charge >= 0.3 is 0 Å². The molecule has 0 fully saturated rings. The number of aliphatic hydroxyl groups is 1. The summed E-state index contributed by atoms with van der Waals surface area (Å²) in [6.07, 6.45) is -0.894. The highest BCUT2D eigenvalue weighted by molar-refractivity contribution is 5.78. The lowest BCUT2D eigenvalue weighted by atomic mass is 10.1. The predicted molar refractivity (Wildman–Crippen MR) is 68.6 cm³/mol. The third-order valence-corrected chi connectivity index (χ3v) is 2.29. The standard InChI is InChI=1S/C14H17NO3/c1-3-17-14(18-4-2)13(16)12(10-15)11-8-6-5-7-9-11/h5-9,14,16H,3-4H2,1-2H3. The molecule has 0 aromatic heterocycles. The first-order chi connectivity index (χ1) is 8.74. The van der Waals surface area contributed by atoms with E-state index in [1.165, 1.54) is 0 Å². The van der Waals surface area contributed by atoms with Crippen LogP contribution in [0, 0.1) is 11.3 Å². The van der Waals surface area contributed by atoms with Gasteiger partial charge in [0, 0.05) is 13.2 Å². The van der Waals surface area contributed by atoms with E-state index in [0.717, 1.165) is 0 Å². The Morgan fingerprint density at radius 1 is 1.22 bits per heavy atom. The van der Waals surface area contributed by atoms with Crippen LogP contribution >= 0.6 is 0 Å². The first-order valence-electron chi connectivity index (χ1n) is 5.86. The van der Waals surface area contributed by atoms with E-state index >= 15 is 0 Å². The molecular formula is C14H17NO3. The molecule has 0 aliphatic carbocycles. The summed E-state index contributed by atoms with van der Waals surface area (Å²) in [5, 5.41) is 19.2. The van der Waals surface area contributed by atoms with Gasteiger partial charge < -0.3 is 14.6 Å². The Bertz CT molecular complexity index is 428. The van der Waals surface area contributed by atoms with Gasteiger partial charge in [0.15, 0.2) is 5.76 Å². The van der Waals surface area contributed by atoms with Crippen molar-refractivity contribution >= 4 is 5.57 Å². The van der Waals surface area contributed by atoms with Gasteiger partial charge in [0.1, 0.15) is 11.6 Å².